The minimum absolute atomic E-state index is 0.256. The van der Waals surface area contributed by atoms with Crippen molar-refractivity contribution in [2.45, 2.75) is 6.92 Å². The first-order chi connectivity index (χ1) is 8.13. The first-order valence-corrected chi connectivity index (χ1v) is 5.27. The molecule has 0 radical (unpaired) electrons. The molecule has 0 amide bonds. The van der Waals surface area contributed by atoms with E-state index in [1.165, 1.54) is 4.68 Å². The summed E-state index contributed by atoms with van der Waals surface area (Å²) in [4.78, 5) is 11.3. The van der Waals surface area contributed by atoms with Gasteiger partial charge < -0.3 is 0 Å². The summed E-state index contributed by atoms with van der Waals surface area (Å²) in [6.07, 6.45) is 0. The van der Waals surface area contributed by atoms with Gasteiger partial charge in [0.2, 0.25) is 0 Å². The summed E-state index contributed by atoms with van der Waals surface area (Å²) in [7, 11) is 0. The van der Waals surface area contributed by atoms with Gasteiger partial charge in [-0.1, -0.05) is 12.1 Å². The van der Waals surface area contributed by atoms with E-state index in [0.717, 1.165) is 0 Å². The van der Waals surface area contributed by atoms with Crippen LogP contribution in [0.15, 0.2) is 30.3 Å². The number of aryl methyl sites for hydroxylation is 1. The van der Waals surface area contributed by atoms with E-state index in [1.54, 1.807) is 37.3 Å². The number of halogens is 1. The third kappa shape index (κ3) is 2.05. The van der Waals surface area contributed by atoms with E-state index in [1.807, 2.05) is 0 Å². The Kier molecular flexibility index (Phi) is 2.94. The van der Waals surface area contributed by atoms with Crippen molar-refractivity contribution in [2.75, 3.05) is 0 Å². The van der Waals surface area contributed by atoms with Crippen molar-refractivity contribution in [3.05, 3.63) is 47.3 Å². The number of carbonyl (C=O) groups excluding carboxylic acids is 1. The molecule has 4 nitrogen and oxygen atoms in total. The van der Waals surface area contributed by atoms with Gasteiger partial charge in [0.25, 0.3) is 5.24 Å². The lowest BCUT2D eigenvalue weighted by molar-refractivity contribution is 0.107. The Balaban J connectivity index is 2.69. The molecular weight excluding hydrogens is 238 g/mol. The lowest BCUT2D eigenvalue weighted by Gasteiger charge is -2.05. The maximum absolute atomic E-state index is 11.3. The normalized spacial score (nSPS) is 9.94. The van der Waals surface area contributed by atoms with Crippen LogP contribution in [0.3, 0.4) is 0 Å². The highest BCUT2D eigenvalue weighted by molar-refractivity contribution is 6.67. The molecule has 2 aromatic rings. The highest BCUT2D eigenvalue weighted by Crippen LogP contribution is 2.17. The van der Waals surface area contributed by atoms with E-state index in [9.17, 15) is 4.79 Å². The van der Waals surface area contributed by atoms with Gasteiger partial charge in [-0.2, -0.15) is 10.4 Å². The van der Waals surface area contributed by atoms with Gasteiger partial charge >= 0.3 is 0 Å². The molecule has 0 aliphatic carbocycles. The number of carbonyl (C=O) groups is 1. The van der Waals surface area contributed by atoms with Crippen LogP contribution in [0.4, 0.5) is 0 Å². The van der Waals surface area contributed by atoms with Gasteiger partial charge in [0.05, 0.1) is 16.9 Å². The van der Waals surface area contributed by atoms with Gasteiger partial charge in [-0.3, -0.25) is 4.79 Å². The molecule has 0 fully saturated rings. The second-order valence-corrected chi connectivity index (χ2v) is 3.83. The largest absolute Gasteiger partial charge is 0.274 e. The van der Waals surface area contributed by atoms with Crippen molar-refractivity contribution < 1.29 is 4.79 Å². The minimum atomic E-state index is -0.599. The van der Waals surface area contributed by atoms with Crippen LogP contribution in [0, 0.1) is 18.3 Å². The average molecular weight is 246 g/mol. The second-order valence-electron chi connectivity index (χ2n) is 3.49. The summed E-state index contributed by atoms with van der Waals surface area (Å²) in [6.45, 7) is 1.76. The highest BCUT2D eigenvalue weighted by Gasteiger charge is 2.15. The van der Waals surface area contributed by atoms with Crippen LogP contribution in [0.2, 0.25) is 0 Å². The Morgan fingerprint density at radius 3 is 2.82 bits per heavy atom. The maximum atomic E-state index is 11.3. The Labute approximate surface area is 103 Å². The standard InChI is InChI=1S/C12H8ClN3O/c1-8-6-11(12(13)17)16(15-8)10-5-3-2-4-9(10)7-14/h2-6H,1H3. The quantitative estimate of drug-likeness (QED) is 0.764. The molecule has 1 heterocycles. The van der Waals surface area contributed by atoms with Crippen LogP contribution in [0.25, 0.3) is 5.69 Å². The third-order valence-corrected chi connectivity index (χ3v) is 2.48. The number of hydrogen-bond acceptors (Lipinski definition) is 3. The SMILES string of the molecule is Cc1cc(C(=O)Cl)n(-c2ccccc2C#N)n1. The van der Waals surface area contributed by atoms with E-state index in [4.69, 9.17) is 16.9 Å². The molecule has 0 saturated carbocycles. The van der Waals surface area contributed by atoms with Crippen molar-refractivity contribution in [1.29, 1.82) is 5.26 Å². The zero-order valence-electron chi connectivity index (χ0n) is 9.01. The number of hydrogen-bond donors (Lipinski definition) is 0. The zero-order chi connectivity index (χ0) is 12.4. The first kappa shape index (κ1) is 11.4. The van der Waals surface area contributed by atoms with Crippen LogP contribution in [0.1, 0.15) is 21.7 Å². The van der Waals surface area contributed by atoms with E-state index in [2.05, 4.69) is 11.2 Å². The summed E-state index contributed by atoms with van der Waals surface area (Å²) in [6, 6.07) is 10.5. The molecule has 84 valence electrons. The van der Waals surface area contributed by atoms with Crippen molar-refractivity contribution in [3.8, 4) is 11.8 Å². The van der Waals surface area contributed by atoms with E-state index in [-0.39, 0.29) is 5.69 Å². The summed E-state index contributed by atoms with van der Waals surface area (Å²) in [5, 5.41) is 12.6. The van der Waals surface area contributed by atoms with Crippen molar-refractivity contribution >= 4 is 16.8 Å². The van der Waals surface area contributed by atoms with Crippen LogP contribution in [-0.4, -0.2) is 15.0 Å². The Morgan fingerprint density at radius 2 is 2.18 bits per heavy atom. The summed E-state index contributed by atoms with van der Waals surface area (Å²) < 4.78 is 1.39. The molecule has 0 aliphatic rings. The number of benzene rings is 1. The van der Waals surface area contributed by atoms with E-state index < -0.39 is 5.24 Å². The van der Waals surface area contributed by atoms with Gasteiger partial charge in [0, 0.05) is 0 Å². The number of nitrogens with zero attached hydrogens (tertiary/aromatic N) is 3. The molecule has 0 bridgehead atoms. The fourth-order valence-electron chi connectivity index (χ4n) is 1.58. The summed E-state index contributed by atoms with van der Waals surface area (Å²) >= 11 is 5.48. The van der Waals surface area contributed by atoms with E-state index >= 15 is 0 Å². The van der Waals surface area contributed by atoms with Gasteiger partial charge in [-0.05, 0) is 36.7 Å². The molecular formula is C12H8ClN3O. The lowest BCUT2D eigenvalue weighted by atomic mass is 10.2. The first-order valence-electron chi connectivity index (χ1n) is 4.89. The Morgan fingerprint density at radius 1 is 1.47 bits per heavy atom. The van der Waals surface area contributed by atoms with Crippen molar-refractivity contribution in [3.63, 3.8) is 0 Å². The molecule has 0 N–H and O–H groups in total. The predicted octanol–water partition coefficient (Wildman–Crippen LogP) is 2.43. The van der Waals surface area contributed by atoms with Gasteiger partial charge in [-0.25, -0.2) is 4.68 Å². The van der Waals surface area contributed by atoms with Crippen molar-refractivity contribution in [2.24, 2.45) is 0 Å². The maximum Gasteiger partial charge on any atom is 0.270 e. The van der Waals surface area contributed by atoms with Gasteiger partial charge in [0.15, 0.2) is 0 Å². The smallest absolute Gasteiger partial charge is 0.270 e. The molecule has 0 aliphatic heterocycles. The number of rotatable bonds is 2. The van der Waals surface area contributed by atoms with Gasteiger partial charge in [-0.15, -0.1) is 0 Å². The minimum Gasteiger partial charge on any atom is -0.274 e. The number of aromatic nitrogens is 2. The topological polar surface area (TPSA) is 58.7 Å². The molecule has 1 aromatic carbocycles. The van der Waals surface area contributed by atoms with Crippen LogP contribution in [0.5, 0.6) is 0 Å². The van der Waals surface area contributed by atoms with Gasteiger partial charge in [0.1, 0.15) is 11.8 Å². The third-order valence-electron chi connectivity index (χ3n) is 2.29. The fraction of sp³-hybridized carbons (Fsp3) is 0.0833. The molecule has 17 heavy (non-hydrogen) atoms. The monoisotopic (exact) mass is 245 g/mol. The zero-order valence-corrected chi connectivity index (χ0v) is 9.77. The fourth-order valence-corrected chi connectivity index (χ4v) is 1.71. The Bertz CT molecular complexity index is 625. The molecule has 0 unspecified atom stereocenters. The molecule has 2 rings (SSSR count). The molecule has 0 atom stereocenters. The molecule has 1 aromatic heterocycles. The number of para-hydroxylation sites is 1. The summed E-state index contributed by atoms with van der Waals surface area (Å²) in [5.41, 5.74) is 1.91. The average Bonchev–Trinajstić information content (AvgIpc) is 2.71. The van der Waals surface area contributed by atoms with Crippen LogP contribution in [-0.2, 0) is 0 Å². The van der Waals surface area contributed by atoms with Crippen molar-refractivity contribution in [1.82, 2.24) is 9.78 Å². The second kappa shape index (κ2) is 4.40. The number of nitriles is 1. The lowest BCUT2D eigenvalue weighted by Crippen LogP contribution is -2.06. The predicted molar refractivity (Wildman–Crippen MR) is 63.2 cm³/mol. The van der Waals surface area contributed by atoms with Crippen LogP contribution < -0.4 is 0 Å². The van der Waals surface area contributed by atoms with E-state index in [0.29, 0.717) is 16.9 Å². The summed E-state index contributed by atoms with van der Waals surface area (Å²) in [5.74, 6) is 0. The Hall–Kier alpha value is -2.12. The van der Waals surface area contributed by atoms with Crippen LogP contribution >= 0.6 is 11.6 Å². The molecule has 0 spiro atoms. The molecule has 5 heteroatoms. The molecule has 0 saturated heterocycles. The highest BCUT2D eigenvalue weighted by atomic mass is 35.5.